The molecule has 5 heteroatoms. The van der Waals surface area contributed by atoms with Crippen LogP contribution in [0.4, 0.5) is 10.2 Å². The molecular formula is C18H17FN2O2. The monoisotopic (exact) mass is 312 g/mol. The first-order valence-corrected chi connectivity index (χ1v) is 7.97. The Balaban J connectivity index is 1.83. The van der Waals surface area contributed by atoms with Crippen LogP contribution in [0.25, 0.3) is 0 Å². The van der Waals surface area contributed by atoms with E-state index in [-0.39, 0.29) is 23.6 Å². The van der Waals surface area contributed by atoms with Crippen LogP contribution in [0.15, 0.2) is 47.3 Å². The van der Waals surface area contributed by atoms with Gasteiger partial charge in [0.15, 0.2) is 0 Å². The average Bonchev–Trinajstić information content (AvgIpc) is 2.90. The van der Waals surface area contributed by atoms with Crippen molar-refractivity contribution in [1.82, 2.24) is 4.57 Å². The zero-order valence-corrected chi connectivity index (χ0v) is 12.6. The van der Waals surface area contributed by atoms with Crippen molar-refractivity contribution in [1.29, 1.82) is 0 Å². The molecule has 2 heterocycles. The smallest absolute Gasteiger partial charge is 0.259 e. The number of halogens is 1. The molecule has 2 atom stereocenters. The molecule has 4 nitrogen and oxygen atoms in total. The number of amides is 1. The van der Waals surface area contributed by atoms with Crippen LogP contribution in [0.2, 0.25) is 0 Å². The fourth-order valence-electron chi connectivity index (χ4n) is 3.90. The Bertz CT molecular complexity index is 830. The van der Waals surface area contributed by atoms with E-state index in [2.05, 4.69) is 0 Å². The largest absolute Gasteiger partial charge is 0.289 e. The predicted octanol–water partition coefficient (Wildman–Crippen LogP) is 3.13. The molecule has 0 unspecified atom stereocenters. The number of carbonyl (C=O) groups excluding carboxylic acids is 1. The molecule has 0 spiro atoms. The molecule has 1 fully saturated rings. The van der Waals surface area contributed by atoms with Gasteiger partial charge in [0.2, 0.25) is 0 Å². The van der Waals surface area contributed by atoms with Gasteiger partial charge < -0.3 is 0 Å². The molecule has 1 amide bonds. The van der Waals surface area contributed by atoms with Crippen LogP contribution < -0.4 is 10.5 Å². The Labute approximate surface area is 133 Å². The summed E-state index contributed by atoms with van der Waals surface area (Å²) in [4.78, 5) is 27.0. The van der Waals surface area contributed by atoms with E-state index in [0.29, 0.717) is 11.4 Å². The van der Waals surface area contributed by atoms with Crippen molar-refractivity contribution >= 4 is 11.7 Å². The van der Waals surface area contributed by atoms with Crippen molar-refractivity contribution in [2.45, 2.75) is 37.8 Å². The minimum atomic E-state index is -0.430. The van der Waals surface area contributed by atoms with Crippen LogP contribution in [0.5, 0.6) is 0 Å². The zero-order valence-electron chi connectivity index (χ0n) is 12.6. The maximum atomic E-state index is 13.5. The molecule has 1 saturated carbocycles. The fourth-order valence-corrected chi connectivity index (χ4v) is 3.90. The lowest BCUT2D eigenvalue weighted by molar-refractivity contribution is 0.0971. The lowest BCUT2D eigenvalue weighted by Crippen LogP contribution is -2.41. The van der Waals surface area contributed by atoms with E-state index in [9.17, 15) is 14.0 Å². The molecule has 118 valence electrons. The van der Waals surface area contributed by atoms with E-state index in [0.717, 1.165) is 25.7 Å². The lowest BCUT2D eigenvalue weighted by Gasteiger charge is -2.30. The van der Waals surface area contributed by atoms with Crippen LogP contribution in [0, 0.1) is 5.82 Å². The molecule has 2 aliphatic rings. The minimum Gasteiger partial charge on any atom is -0.289 e. The first kappa shape index (κ1) is 14.2. The van der Waals surface area contributed by atoms with E-state index >= 15 is 0 Å². The molecule has 0 bridgehead atoms. The van der Waals surface area contributed by atoms with Gasteiger partial charge in [-0.2, -0.15) is 0 Å². The summed E-state index contributed by atoms with van der Waals surface area (Å²) in [5.74, 6) is -0.0393. The molecule has 1 aliphatic carbocycles. The standard InChI is InChI=1S/C18H17FN2O2/c19-13-6-3-5-12(11-13)18(23)21-15-8-2-1-7-14(15)20-16(21)9-4-10-17(20)22/h3-6,9-11,14-15H,1-2,7-8H2/t14-,15-/m0/s1. The highest BCUT2D eigenvalue weighted by Crippen LogP contribution is 2.41. The van der Waals surface area contributed by atoms with Crippen LogP contribution in [-0.4, -0.2) is 16.5 Å². The number of carbonyl (C=O) groups is 1. The second kappa shape index (κ2) is 5.33. The Morgan fingerprint density at radius 3 is 2.57 bits per heavy atom. The lowest BCUT2D eigenvalue weighted by atomic mass is 9.90. The first-order valence-electron chi connectivity index (χ1n) is 7.97. The number of aromatic nitrogens is 1. The molecule has 0 N–H and O–H groups in total. The highest BCUT2D eigenvalue weighted by atomic mass is 19.1. The Morgan fingerprint density at radius 1 is 1.04 bits per heavy atom. The zero-order chi connectivity index (χ0) is 16.0. The Kier molecular flexibility index (Phi) is 3.29. The molecule has 4 rings (SSSR count). The van der Waals surface area contributed by atoms with Gasteiger partial charge in [-0.25, -0.2) is 4.39 Å². The van der Waals surface area contributed by atoms with Crippen molar-refractivity contribution in [3.05, 3.63) is 64.2 Å². The number of hydrogen-bond donors (Lipinski definition) is 0. The molecule has 0 radical (unpaired) electrons. The van der Waals surface area contributed by atoms with Gasteiger partial charge in [0, 0.05) is 11.6 Å². The number of hydrogen-bond acceptors (Lipinski definition) is 2. The van der Waals surface area contributed by atoms with E-state index in [4.69, 9.17) is 0 Å². The van der Waals surface area contributed by atoms with E-state index < -0.39 is 5.82 Å². The second-order valence-electron chi connectivity index (χ2n) is 6.20. The van der Waals surface area contributed by atoms with Gasteiger partial charge in [0.1, 0.15) is 11.6 Å². The number of fused-ring (bicyclic) bond motifs is 3. The summed E-state index contributed by atoms with van der Waals surface area (Å²) < 4.78 is 15.2. The minimum absolute atomic E-state index is 0.0189. The van der Waals surface area contributed by atoms with Gasteiger partial charge in [-0.15, -0.1) is 0 Å². The summed E-state index contributed by atoms with van der Waals surface area (Å²) in [6.07, 6.45) is 3.86. The van der Waals surface area contributed by atoms with E-state index in [1.165, 1.54) is 24.3 Å². The van der Waals surface area contributed by atoms with Crippen LogP contribution in [0.3, 0.4) is 0 Å². The molecule has 2 aromatic rings. The van der Waals surface area contributed by atoms with Gasteiger partial charge in [-0.3, -0.25) is 19.1 Å². The number of rotatable bonds is 1. The molecule has 1 aromatic carbocycles. The van der Waals surface area contributed by atoms with E-state index in [1.54, 1.807) is 27.7 Å². The number of benzene rings is 1. The predicted molar refractivity (Wildman–Crippen MR) is 85.2 cm³/mol. The van der Waals surface area contributed by atoms with Gasteiger partial charge in [0.05, 0.1) is 12.1 Å². The molecule has 0 saturated heterocycles. The Morgan fingerprint density at radius 2 is 1.78 bits per heavy atom. The highest BCUT2D eigenvalue weighted by Gasteiger charge is 2.43. The maximum Gasteiger partial charge on any atom is 0.259 e. The second-order valence-corrected chi connectivity index (χ2v) is 6.20. The van der Waals surface area contributed by atoms with Gasteiger partial charge in [0.25, 0.3) is 11.5 Å². The van der Waals surface area contributed by atoms with Gasteiger partial charge in [-0.05, 0) is 37.1 Å². The fraction of sp³-hybridized carbons (Fsp3) is 0.333. The molecular weight excluding hydrogens is 295 g/mol. The number of pyridine rings is 1. The number of nitrogens with zero attached hydrogens (tertiary/aromatic N) is 2. The number of anilines is 1. The van der Waals surface area contributed by atoms with Crippen molar-refractivity contribution in [2.24, 2.45) is 0 Å². The SMILES string of the molecule is O=C(c1cccc(F)c1)N1c2cccc(=O)n2[C@H]2CCCC[C@@H]21. The van der Waals surface area contributed by atoms with Crippen molar-refractivity contribution in [3.8, 4) is 0 Å². The summed E-state index contributed by atoms with van der Waals surface area (Å²) in [7, 11) is 0. The van der Waals surface area contributed by atoms with Crippen molar-refractivity contribution < 1.29 is 9.18 Å². The topological polar surface area (TPSA) is 42.3 Å². The first-order chi connectivity index (χ1) is 11.2. The third kappa shape index (κ3) is 2.19. The van der Waals surface area contributed by atoms with Crippen molar-refractivity contribution in [3.63, 3.8) is 0 Å². The molecule has 1 aliphatic heterocycles. The van der Waals surface area contributed by atoms with Crippen molar-refractivity contribution in [2.75, 3.05) is 4.90 Å². The molecule has 23 heavy (non-hydrogen) atoms. The summed E-state index contributed by atoms with van der Waals surface area (Å²) >= 11 is 0. The highest BCUT2D eigenvalue weighted by molar-refractivity contribution is 6.06. The van der Waals surface area contributed by atoms with Crippen LogP contribution in [-0.2, 0) is 0 Å². The third-order valence-corrected chi connectivity index (χ3v) is 4.86. The summed E-state index contributed by atoms with van der Waals surface area (Å²) in [5.41, 5.74) is 0.244. The molecule has 1 aromatic heterocycles. The van der Waals surface area contributed by atoms with Crippen LogP contribution in [0.1, 0.15) is 42.1 Å². The quantitative estimate of drug-likeness (QED) is 0.812. The maximum absolute atomic E-state index is 13.5. The normalized spacial score (nSPS) is 22.6. The van der Waals surface area contributed by atoms with Gasteiger partial charge in [-0.1, -0.05) is 25.0 Å². The van der Waals surface area contributed by atoms with Crippen LogP contribution >= 0.6 is 0 Å². The summed E-state index contributed by atoms with van der Waals surface area (Å²) in [6.45, 7) is 0. The summed E-state index contributed by atoms with van der Waals surface area (Å²) in [5, 5.41) is 0. The average molecular weight is 312 g/mol. The summed E-state index contributed by atoms with van der Waals surface area (Å²) in [6, 6.07) is 10.8. The third-order valence-electron chi connectivity index (χ3n) is 4.86. The Hall–Kier alpha value is -2.43. The van der Waals surface area contributed by atoms with E-state index in [1.807, 2.05) is 0 Å². The van der Waals surface area contributed by atoms with Gasteiger partial charge >= 0.3 is 0 Å².